The molecule has 0 fully saturated rings. The predicted molar refractivity (Wildman–Crippen MR) is 110 cm³/mol. The Kier molecular flexibility index (Phi) is 6.37. The van der Waals surface area contributed by atoms with Crippen LogP contribution in [0.1, 0.15) is 31.7 Å². The third-order valence-corrected chi connectivity index (χ3v) is 4.67. The molecule has 5 heteroatoms. The minimum absolute atomic E-state index is 0.0729. The van der Waals surface area contributed by atoms with Crippen LogP contribution in [0, 0.1) is 11.7 Å². The molecule has 3 rings (SSSR count). The third kappa shape index (κ3) is 5.39. The highest BCUT2D eigenvalue weighted by Gasteiger charge is 2.15. The van der Waals surface area contributed by atoms with E-state index in [1.807, 2.05) is 0 Å². The fourth-order valence-corrected chi connectivity index (χ4v) is 3.17. The summed E-state index contributed by atoms with van der Waals surface area (Å²) >= 11 is 0. The largest absolute Gasteiger partial charge is 0.324 e. The van der Waals surface area contributed by atoms with Crippen LogP contribution in [0.4, 0.5) is 15.8 Å². The number of amides is 2. The molecular weight excluding hydrogens is 355 g/mol. The van der Waals surface area contributed by atoms with Crippen LogP contribution in [-0.4, -0.2) is 11.8 Å². The first kappa shape index (κ1) is 19.5. The van der Waals surface area contributed by atoms with E-state index in [2.05, 4.69) is 22.8 Å². The fourth-order valence-electron chi connectivity index (χ4n) is 3.17. The second-order valence-electron chi connectivity index (χ2n) is 6.89. The zero-order chi connectivity index (χ0) is 19.9. The van der Waals surface area contributed by atoms with Crippen LogP contribution < -0.4 is 10.6 Å². The summed E-state index contributed by atoms with van der Waals surface area (Å²) in [6.45, 7) is 1.79. The molecule has 2 aromatic rings. The molecule has 2 amide bonds. The lowest BCUT2D eigenvalue weighted by atomic mass is 10.0. The number of carbonyl (C=O) groups is 2. The van der Waals surface area contributed by atoms with Gasteiger partial charge in [-0.2, -0.15) is 0 Å². The Hall–Kier alpha value is -3.21. The molecule has 1 aliphatic carbocycles. The molecule has 0 spiro atoms. The Labute approximate surface area is 164 Å². The summed E-state index contributed by atoms with van der Waals surface area (Å²) in [7, 11) is 0. The molecule has 1 aliphatic rings. The van der Waals surface area contributed by atoms with Crippen molar-refractivity contribution in [1.29, 1.82) is 0 Å². The van der Waals surface area contributed by atoms with Crippen molar-refractivity contribution in [3.05, 3.63) is 78.1 Å². The number of benzene rings is 2. The van der Waals surface area contributed by atoms with Crippen molar-refractivity contribution in [2.24, 2.45) is 5.92 Å². The molecule has 0 saturated carbocycles. The van der Waals surface area contributed by atoms with E-state index < -0.39 is 0 Å². The van der Waals surface area contributed by atoms with Gasteiger partial charge >= 0.3 is 0 Å². The Morgan fingerprint density at radius 1 is 1.07 bits per heavy atom. The Morgan fingerprint density at radius 3 is 2.39 bits per heavy atom. The maximum absolute atomic E-state index is 13.0. The number of hydrogen-bond donors (Lipinski definition) is 2. The summed E-state index contributed by atoms with van der Waals surface area (Å²) in [5, 5.41) is 5.69. The van der Waals surface area contributed by atoms with Crippen LogP contribution in [0.25, 0.3) is 5.57 Å². The zero-order valence-corrected chi connectivity index (χ0v) is 15.7. The SMILES string of the molecule is CC(=CC(=O)Nc1ccccc1NC(=O)CC1C=CCC1)c1ccc(F)cc1. The molecule has 0 radical (unpaired) electrons. The molecule has 0 saturated heterocycles. The van der Waals surface area contributed by atoms with E-state index in [1.54, 1.807) is 43.3 Å². The van der Waals surface area contributed by atoms with Crippen LogP contribution in [0.3, 0.4) is 0 Å². The molecule has 28 heavy (non-hydrogen) atoms. The monoisotopic (exact) mass is 378 g/mol. The molecule has 2 aromatic carbocycles. The van der Waals surface area contributed by atoms with Gasteiger partial charge in [0.1, 0.15) is 5.82 Å². The highest BCUT2D eigenvalue weighted by Crippen LogP contribution is 2.24. The maximum atomic E-state index is 13.0. The minimum Gasteiger partial charge on any atom is -0.324 e. The van der Waals surface area contributed by atoms with E-state index in [0.29, 0.717) is 23.4 Å². The van der Waals surface area contributed by atoms with E-state index >= 15 is 0 Å². The van der Waals surface area contributed by atoms with Crippen molar-refractivity contribution in [1.82, 2.24) is 0 Å². The Bertz CT molecular complexity index is 916. The highest BCUT2D eigenvalue weighted by molar-refractivity contribution is 6.06. The van der Waals surface area contributed by atoms with E-state index in [4.69, 9.17) is 0 Å². The van der Waals surface area contributed by atoms with Crippen LogP contribution in [0.5, 0.6) is 0 Å². The van der Waals surface area contributed by atoms with Crippen molar-refractivity contribution in [3.63, 3.8) is 0 Å². The van der Waals surface area contributed by atoms with Gasteiger partial charge in [-0.25, -0.2) is 4.39 Å². The van der Waals surface area contributed by atoms with E-state index in [9.17, 15) is 14.0 Å². The summed E-state index contributed by atoms with van der Waals surface area (Å²) < 4.78 is 13.0. The van der Waals surface area contributed by atoms with Crippen molar-refractivity contribution in [2.75, 3.05) is 10.6 Å². The fraction of sp³-hybridized carbons (Fsp3) is 0.217. The normalized spacial score (nSPS) is 16.1. The summed E-state index contributed by atoms with van der Waals surface area (Å²) in [6, 6.07) is 13.1. The number of allylic oxidation sites excluding steroid dienone is 3. The van der Waals surface area contributed by atoms with Crippen molar-refractivity contribution < 1.29 is 14.0 Å². The summed E-state index contributed by atoms with van der Waals surface area (Å²) in [5.74, 6) is -0.430. The van der Waals surface area contributed by atoms with Gasteiger partial charge in [0, 0.05) is 12.5 Å². The number of nitrogens with one attached hydrogen (secondary N) is 2. The Morgan fingerprint density at radius 2 is 1.75 bits per heavy atom. The molecule has 2 N–H and O–H groups in total. The van der Waals surface area contributed by atoms with E-state index in [1.165, 1.54) is 18.2 Å². The number of carbonyl (C=O) groups excluding carboxylic acids is 2. The molecule has 1 atom stereocenters. The van der Waals surface area contributed by atoms with Gasteiger partial charge in [0.25, 0.3) is 0 Å². The smallest absolute Gasteiger partial charge is 0.248 e. The quantitative estimate of drug-likeness (QED) is 0.539. The van der Waals surface area contributed by atoms with Crippen LogP contribution in [0.15, 0.2) is 66.8 Å². The second kappa shape index (κ2) is 9.13. The standard InChI is InChI=1S/C23H23FN2O2/c1-16(18-10-12-19(24)13-11-18)14-22(27)25-20-8-4-5-9-21(20)26-23(28)15-17-6-2-3-7-17/h2,4-6,8-14,17H,3,7,15H2,1H3,(H,25,27)(H,26,28). The van der Waals surface area contributed by atoms with Crippen molar-refractivity contribution in [2.45, 2.75) is 26.2 Å². The number of rotatable bonds is 6. The summed E-state index contributed by atoms with van der Waals surface area (Å²) in [4.78, 5) is 24.7. The molecule has 0 bridgehead atoms. The number of halogens is 1. The summed E-state index contributed by atoms with van der Waals surface area (Å²) in [6.07, 6.45) is 8.08. The first-order valence-electron chi connectivity index (χ1n) is 9.32. The predicted octanol–water partition coefficient (Wildman–Crippen LogP) is 5.16. The highest BCUT2D eigenvalue weighted by atomic mass is 19.1. The minimum atomic E-state index is -0.321. The molecule has 1 unspecified atom stereocenters. The first-order chi connectivity index (χ1) is 13.5. The van der Waals surface area contributed by atoms with Gasteiger partial charge in [-0.1, -0.05) is 36.4 Å². The molecule has 0 aromatic heterocycles. The number of para-hydroxylation sites is 2. The average Bonchev–Trinajstić information content (AvgIpc) is 3.16. The first-order valence-corrected chi connectivity index (χ1v) is 9.32. The van der Waals surface area contributed by atoms with Gasteiger partial charge in [-0.3, -0.25) is 9.59 Å². The molecule has 4 nitrogen and oxygen atoms in total. The topological polar surface area (TPSA) is 58.2 Å². The van der Waals surface area contributed by atoms with Gasteiger partial charge < -0.3 is 10.6 Å². The van der Waals surface area contributed by atoms with Crippen LogP contribution >= 0.6 is 0 Å². The molecule has 0 heterocycles. The van der Waals surface area contributed by atoms with Gasteiger partial charge in [0.05, 0.1) is 11.4 Å². The maximum Gasteiger partial charge on any atom is 0.248 e. The van der Waals surface area contributed by atoms with Gasteiger partial charge in [0.2, 0.25) is 11.8 Å². The number of anilines is 2. The molecular formula is C23H23FN2O2. The Balaban J connectivity index is 1.65. The lowest BCUT2D eigenvalue weighted by molar-refractivity contribution is -0.117. The van der Waals surface area contributed by atoms with E-state index in [-0.39, 0.29) is 23.5 Å². The second-order valence-corrected chi connectivity index (χ2v) is 6.89. The van der Waals surface area contributed by atoms with Crippen LogP contribution in [0.2, 0.25) is 0 Å². The van der Waals surface area contributed by atoms with Gasteiger partial charge in [0.15, 0.2) is 0 Å². The summed E-state index contributed by atoms with van der Waals surface area (Å²) in [5.41, 5.74) is 2.58. The van der Waals surface area contributed by atoms with E-state index in [0.717, 1.165) is 18.4 Å². The lowest BCUT2D eigenvalue weighted by Crippen LogP contribution is -2.17. The van der Waals surface area contributed by atoms with Crippen molar-refractivity contribution >= 4 is 28.8 Å². The van der Waals surface area contributed by atoms with Gasteiger partial charge in [-0.15, -0.1) is 0 Å². The van der Waals surface area contributed by atoms with Crippen LogP contribution in [-0.2, 0) is 9.59 Å². The zero-order valence-electron chi connectivity index (χ0n) is 15.7. The molecule has 0 aliphatic heterocycles. The third-order valence-electron chi connectivity index (χ3n) is 4.67. The lowest BCUT2D eigenvalue weighted by Gasteiger charge is -2.13. The van der Waals surface area contributed by atoms with Crippen molar-refractivity contribution in [3.8, 4) is 0 Å². The average molecular weight is 378 g/mol. The molecule has 144 valence electrons. The van der Waals surface area contributed by atoms with Gasteiger partial charge in [-0.05, 0) is 61.1 Å². The number of hydrogen-bond acceptors (Lipinski definition) is 2.